The topological polar surface area (TPSA) is 52.5 Å². The number of nitrogens with one attached hydrogen (secondary N) is 1. The maximum atomic E-state index is 13.2. The average molecular weight is 213 g/mol. The van der Waals surface area contributed by atoms with Crippen molar-refractivity contribution >= 4 is 18.3 Å². The molecule has 0 heterocycles. The number of benzene rings is 1. The Hall–Kier alpha value is -1.14. The number of rotatable bonds is 3. The van der Waals surface area contributed by atoms with Gasteiger partial charge in [0.05, 0.1) is 5.69 Å². The molecular formula is C9H10BF2NO2. The fourth-order valence-electron chi connectivity index (χ4n) is 1.31. The van der Waals surface area contributed by atoms with Crippen LogP contribution < -0.4 is 10.8 Å². The molecule has 0 unspecified atom stereocenters. The number of hydrogen-bond donors (Lipinski definition) is 3. The summed E-state index contributed by atoms with van der Waals surface area (Å²) in [6.45, 7) is 0. The van der Waals surface area contributed by atoms with E-state index in [2.05, 4.69) is 5.32 Å². The Morgan fingerprint density at radius 2 is 1.93 bits per heavy atom. The maximum Gasteiger partial charge on any atom is 0.488 e. The van der Waals surface area contributed by atoms with Crippen LogP contribution in [0.2, 0.25) is 0 Å². The molecule has 1 aliphatic carbocycles. The van der Waals surface area contributed by atoms with Gasteiger partial charge in [-0.2, -0.15) is 0 Å². The lowest BCUT2D eigenvalue weighted by molar-refractivity contribution is 0.425. The molecule has 6 heteroatoms. The van der Waals surface area contributed by atoms with E-state index in [1.165, 1.54) is 6.07 Å². The standard InChI is InChI=1S/C9H10BF2NO2/c11-7-3-5(10(14)15)4-8(9(7)12)13-6-1-2-6/h3-4,6,13-15H,1-2H2. The van der Waals surface area contributed by atoms with Crippen LogP contribution in [0.3, 0.4) is 0 Å². The molecule has 1 fully saturated rings. The van der Waals surface area contributed by atoms with Gasteiger partial charge < -0.3 is 15.4 Å². The molecule has 0 spiro atoms. The molecule has 15 heavy (non-hydrogen) atoms. The second kappa shape index (κ2) is 3.79. The second-order valence-corrected chi connectivity index (χ2v) is 3.66. The lowest BCUT2D eigenvalue weighted by atomic mass is 9.80. The predicted molar refractivity (Wildman–Crippen MR) is 52.8 cm³/mol. The molecule has 0 bridgehead atoms. The normalized spacial score (nSPS) is 15.2. The zero-order valence-corrected chi connectivity index (χ0v) is 7.87. The first-order valence-corrected chi connectivity index (χ1v) is 4.69. The van der Waals surface area contributed by atoms with Crippen LogP contribution in [0.4, 0.5) is 14.5 Å². The molecule has 0 saturated heterocycles. The summed E-state index contributed by atoms with van der Waals surface area (Å²) in [7, 11) is -1.79. The number of anilines is 1. The third kappa shape index (κ3) is 2.27. The first-order valence-electron chi connectivity index (χ1n) is 4.69. The summed E-state index contributed by atoms with van der Waals surface area (Å²) in [6.07, 6.45) is 1.85. The van der Waals surface area contributed by atoms with Crippen LogP contribution in [0.15, 0.2) is 12.1 Å². The van der Waals surface area contributed by atoms with Crippen LogP contribution in [0.5, 0.6) is 0 Å². The highest BCUT2D eigenvalue weighted by Crippen LogP contribution is 2.26. The summed E-state index contributed by atoms with van der Waals surface area (Å²) in [5.74, 6) is -2.06. The summed E-state index contributed by atoms with van der Waals surface area (Å²) >= 11 is 0. The second-order valence-electron chi connectivity index (χ2n) is 3.66. The molecule has 0 aliphatic heterocycles. The van der Waals surface area contributed by atoms with E-state index in [1.807, 2.05) is 0 Å². The monoisotopic (exact) mass is 213 g/mol. The van der Waals surface area contributed by atoms with E-state index in [1.54, 1.807) is 0 Å². The van der Waals surface area contributed by atoms with Gasteiger partial charge in [-0.25, -0.2) is 8.78 Å². The van der Waals surface area contributed by atoms with Crippen molar-refractivity contribution in [1.29, 1.82) is 0 Å². The molecule has 1 aliphatic rings. The third-order valence-electron chi connectivity index (χ3n) is 2.29. The first-order chi connectivity index (χ1) is 7.08. The minimum atomic E-state index is -1.79. The Bertz CT molecular complexity index is 383. The van der Waals surface area contributed by atoms with Crippen molar-refractivity contribution in [2.45, 2.75) is 18.9 Å². The summed E-state index contributed by atoms with van der Waals surface area (Å²) in [5.41, 5.74) is -0.0716. The van der Waals surface area contributed by atoms with Gasteiger partial charge in [0.15, 0.2) is 11.6 Å². The van der Waals surface area contributed by atoms with Crippen molar-refractivity contribution in [3.8, 4) is 0 Å². The van der Waals surface area contributed by atoms with Gasteiger partial charge in [-0.15, -0.1) is 0 Å². The Morgan fingerprint density at radius 1 is 1.27 bits per heavy atom. The lowest BCUT2D eigenvalue weighted by Crippen LogP contribution is -2.31. The largest absolute Gasteiger partial charge is 0.488 e. The van der Waals surface area contributed by atoms with Crippen LogP contribution in [0, 0.1) is 11.6 Å². The fraction of sp³-hybridized carbons (Fsp3) is 0.333. The van der Waals surface area contributed by atoms with E-state index in [9.17, 15) is 8.78 Å². The minimum Gasteiger partial charge on any atom is -0.423 e. The minimum absolute atomic E-state index is 0.0133. The van der Waals surface area contributed by atoms with E-state index >= 15 is 0 Å². The zero-order chi connectivity index (χ0) is 11.0. The Morgan fingerprint density at radius 3 is 2.47 bits per heavy atom. The number of hydrogen-bond acceptors (Lipinski definition) is 3. The maximum absolute atomic E-state index is 13.2. The summed E-state index contributed by atoms with van der Waals surface area (Å²) in [4.78, 5) is 0. The molecule has 0 aromatic heterocycles. The average Bonchev–Trinajstić information content (AvgIpc) is 2.96. The Kier molecular flexibility index (Phi) is 2.62. The van der Waals surface area contributed by atoms with Gasteiger partial charge in [-0.1, -0.05) is 0 Å². The van der Waals surface area contributed by atoms with Crippen LogP contribution in [0.1, 0.15) is 12.8 Å². The predicted octanol–water partition coefficient (Wildman–Crippen LogP) is 0.219. The molecule has 1 saturated carbocycles. The Balaban J connectivity index is 2.32. The molecular weight excluding hydrogens is 203 g/mol. The molecule has 2 rings (SSSR count). The molecule has 0 atom stereocenters. The molecule has 0 amide bonds. The molecule has 3 N–H and O–H groups in total. The first kappa shape index (κ1) is 10.4. The van der Waals surface area contributed by atoms with Gasteiger partial charge in [0.2, 0.25) is 0 Å². The van der Waals surface area contributed by atoms with Crippen molar-refractivity contribution in [3.05, 3.63) is 23.8 Å². The van der Waals surface area contributed by atoms with Gasteiger partial charge >= 0.3 is 7.12 Å². The van der Waals surface area contributed by atoms with Gasteiger partial charge in [-0.05, 0) is 30.4 Å². The third-order valence-corrected chi connectivity index (χ3v) is 2.29. The molecule has 80 valence electrons. The summed E-state index contributed by atoms with van der Waals surface area (Å²) in [5, 5.41) is 20.5. The van der Waals surface area contributed by atoms with Crippen molar-refractivity contribution in [1.82, 2.24) is 0 Å². The highest BCUT2D eigenvalue weighted by molar-refractivity contribution is 6.58. The van der Waals surface area contributed by atoms with Crippen LogP contribution in [-0.2, 0) is 0 Å². The zero-order valence-electron chi connectivity index (χ0n) is 7.87. The van der Waals surface area contributed by atoms with E-state index in [4.69, 9.17) is 10.0 Å². The quantitative estimate of drug-likeness (QED) is 0.629. The fourth-order valence-corrected chi connectivity index (χ4v) is 1.31. The SMILES string of the molecule is OB(O)c1cc(F)c(F)c(NC2CC2)c1. The van der Waals surface area contributed by atoms with Crippen LogP contribution in [0.25, 0.3) is 0 Å². The van der Waals surface area contributed by atoms with Crippen molar-refractivity contribution in [3.63, 3.8) is 0 Å². The molecule has 0 radical (unpaired) electrons. The molecule has 1 aromatic rings. The summed E-state index contributed by atoms with van der Waals surface area (Å²) < 4.78 is 26.3. The van der Waals surface area contributed by atoms with Crippen molar-refractivity contribution < 1.29 is 18.8 Å². The van der Waals surface area contributed by atoms with Gasteiger partial charge in [0.25, 0.3) is 0 Å². The smallest absolute Gasteiger partial charge is 0.423 e. The van der Waals surface area contributed by atoms with E-state index in [0.29, 0.717) is 0 Å². The van der Waals surface area contributed by atoms with Gasteiger partial charge in [0.1, 0.15) is 0 Å². The van der Waals surface area contributed by atoms with Gasteiger partial charge in [-0.3, -0.25) is 0 Å². The summed E-state index contributed by atoms with van der Waals surface area (Å²) in [6, 6.07) is 2.16. The molecule has 3 nitrogen and oxygen atoms in total. The van der Waals surface area contributed by atoms with Gasteiger partial charge in [0, 0.05) is 6.04 Å². The van der Waals surface area contributed by atoms with E-state index in [0.717, 1.165) is 18.9 Å². The van der Waals surface area contributed by atoms with Crippen molar-refractivity contribution in [2.24, 2.45) is 0 Å². The highest BCUT2D eigenvalue weighted by atomic mass is 19.2. The van der Waals surface area contributed by atoms with E-state index in [-0.39, 0.29) is 17.2 Å². The lowest BCUT2D eigenvalue weighted by Gasteiger charge is -2.09. The van der Waals surface area contributed by atoms with E-state index < -0.39 is 18.8 Å². The van der Waals surface area contributed by atoms with Crippen LogP contribution in [-0.4, -0.2) is 23.2 Å². The Labute approximate surface area is 85.9 Å². The molecule has 1 aromatic carbocycles. The highest BCUT2D eigenvalue weighted by Gasteiger charge is 2.24. The van der Waals surface area contributed by atoms with Crippen LogP contribution >= 0.6 is 0 Å². The van der Waals surface area contributed by atoms with Crippen molar-refractivity contribution in [2.75, 3.05) is 5.32 Å². The number of halogens is 2.